The molecule has 1 radical (unpaired) electrons. The molecule has 2 aromatic rings. The number of amides is 1. The second-order valence-corrected chi connectivity index (χ2v) is 9.29. The second kappa shape index (κ2) is 11.9. The van der Waals surface area contributed by atoms with Crippen LogP contribution in [0.1, 0.15) is 53.4 Å². The number of hydrogen-bond acceptors (Lipinski definition) is 4. The number of aryl methyl sites for hydroxylation is 1. The Bertz CT molecular complexity index is 912. The number of anilines is 1. The van der Waals surface area contributed by atoms with Crippen molar-refractivity contribution in [3.8, 4) is 0 Å². The summed E-state index contributed by atoms with van der Waals surface area (Å²) in [6.07, 6.45) is 4.10. The van der Waals surface area contributed by atoms with Gasteiger partial charge in [-0.3, -0.25) is 4.79 Å². The molecule has 1 aliphatic rings. The number of rotatable bonds is 7. The van der Waals surface area contributed by atoms with E-state index in [1.165, 1.54) is 24.9 Å². The Morgan fingerprint density at radius 2 is 1.90 bits per heavy atom. The van der Waals surface area contributed by atoms with Crippen LogP contribution in [0.15, 0.2) is 29.6 Å². The Kier molecular flexibility index (Phi) is 10.2. The zero-order chi connectivity index (χ0) is 21.7. The number of halogens is 1. The fourth-order valence-corrected chi connectivity index (χ4v) is 5.68. The maximum Gasteiger partial charge on any atom is 0.350 e. The van der Waals surface area contributed by atoms with Gasteiger partial charge in [0, 0.05) is 49.7 Å². The third kappa shape index (κ3) is 5.97. The molecule has 2 heterocycles. The van der Waals surface area contributed by atoms with Crippen molar-refractivity contribution in [2.45, 2.75) is 52.1 Å². The largest absolute Gasteiger partial charge is 0.465 e. The van der Waals surface area contributed by atoms with Gasteiger partial charge in [0.15, 0.2) is 6.04 Å². The average Bonchev–Trinajstić information content (AvgIpc) is 3.10. The van der Waals surface area contributed by atoms with Gasteiger partial charge in [0.05, 0.1) is 25.9 Å². The molecule has 165 valence electrons. The number of quaternary nitrogens is 1. The van der Waals surface area contributed by atoms with Gasteiger partial charge in [0.1, 0.15) is 11.4 Å². The molecule has 1 aromatic heterocycles. The predicted octanol–water partition coefficient (Wildman–Crippen LogP) is 5.41. The van der Waals surface area contributed by atoms with Crippen molar-refractivity contribution in [2.24, 2.45) is 0 Å². The van der Waals surface area contributed by atoms with Crippen LogP contribution in [0, 0.1) is 6.92 Å². The molecule has 0 spiro atoms. The Balaban J connectivity index is 0.00000341. The van der Waals surface area contributed by atoms with E-state index in [-0.39, 0.29) is 44.7 Å². The third-order valence-corrected chi connectivity index (χ3v) is 7.54. The molecular formula is C23H30ClN2O3SY+. The minimum atomic E-state index is -0.422. The zero-order valence-electron chi connectivity index (χ0n) is 18.4. The van der Waals surface area contributed by atoms with Crippen LogP contribution in [0.25, 0.3) is 0 Å². The molecule has 31 heavy (non-hydrogen) atoms. The van der Waals surface area contributed by atoms with Crippen molar-refractivity contribution in [1.82, 2.24) is 0 Å². The van der Waals surface area contributed by atoms with Gasteiger partial charge in [-0.1, -0.05) is 36.7 Å². The summed E-state index contributed by atoms with van der Waals surface area (Å²) in [5, 5.41) is 5.69. The molecule has 1 saturated heterocycles. The first kappa shape index (κ1) is 26.5. The van der Waals surface area contributed by atoms with Crippen LogP contribution in [0.3, 0.4) is 0 Å². The molecule has 0 saturated carbocycles. The number of piperidine rings is 1. The van der Waals surface area contributed by atoms with E-state index < -0.39 is 5.97 Å². The molecule has 3 rings (SSSR count). The molecule has 1 unspecified atom stereocenters. The fraction of sp³-hybridized carbons (Fsp3) is 0.478. The number of thiophene rings is 1. The number of carbonyl (C=O) groups is 2. The number of nitrogens with zero attached hydrogens (tertiary/aromatic N) is 1. The SMILES string of the molecule is CCC(C(=O)Nc1c(C)csc1C(=O)OC)[N+]1(Cc2ccccc2Cl)CCCCC1.[Y]. The van der Waals surface area contributed by atoms with Crippen LogP contribution in [0.4, 0.5) is 5.69 Å². The summed E-state index contributed by atoms with van der Waals surface area (Å²) in [6, 6.07) is 7.69. The summed E-state index contributed by atoms with van der Waals surface area (Å²) >= 11 is 7.78. The molecule has 1 aliphatic heterocycles. The van der Waals surface area contributed by atoms with Crippen LogP contribution in [0.5, 0.6) is 0 Å². The van der Waals surface area contributed by atoms with Crippen molar-refractivity contribution < 1.29 is 51.5 Å². The van der Waals surface area contributed by atoms with Crippen molar-refractivity contribution in [2.75, 3.05) is 25.5 Å². The summed E-state index contributed by atoms with van der Waals surface area (Å²) in [5.74, 6) is -0.465. The molecule has 8 heteroatoms. The molecule has 0 bridgehead atoms. The molecule has 1 N–H and O–H groups in total. The van der Waals surface area contributed by atoms with E-state index in [1.807, 2.05) is 30.5 Å². The summed E-state index contributed by atoms with van der Waals surface area (Å²) in [4.78, 5) is 26.1. The van der Waals surface area contributed by atoms with Crippen molar-refractivity contribution in [3.63, 3.8) is 0 Å². The monoisotopic (exact) mass is 538 g/mol. The van der Waals surface area contributed by atoms with Crippen LogP contribution in [0.2, 0.25) is 5.02 Å². The summed E-state index contributed by atoms with van der Waals surface area (Å²) in [6.45, 7) is 6.59. The second-order valence-electron chi connectivity index (χ2n) is 8.00. The number of nitrogens with one attached hydrogen (secondary N) is 1. The summed E-state index contributed by atoms with van der Waals surface area (Å²) < 4.78 is 5.59. The van der Waals surface area contributed by atoms with E-state index in [0.717, 1.165) is 48.6 Å². The quantitative estimate of drug-likeness (QED) is 0.379. The van der Waals surface area contributed by atoms with Crippen molar-refractivity contribution in [3.05, 3.63) is 50.7 Å². The van der Waals surface area contributed by atoms with E-state index >= 15 is 0 Å². The minimum absolute atomic E-state index is 0. The third-order valence-electron chi connectivity index (χ3n) is 6.09. The van der Waals surface area contributed by atoms with Crippen molar-refractivity contribution >= 4 is 40.5 Å². The van der Waals surface area contributed by atoms with Gasteiger partial charge in [-0.2, -0.15) is 0 Å². The first-order valence-electron chi connectivity index (χ1n) is 10.5. The smallest absolute Gasteiger partial charge is 0.350 e. The standard InChI is InChI=1S/C23H29ClN2O3S.Y/c1-4-19(22(27)25-20-16(2)15-30-21(20)23(28)29-3)26(12-8-5-9-13-26)14-17-10-6-7-11-18(17)24;/h6-7,10-11,15,19H,4-5,8-9,12-14H2,1-3H3;/p+1. The van der Waals surface area contributed by atoms with E-state index in [4.69, 9.17) is 16.3 Å². The molecule has 1 fully saturated rings. The van der Waals surface area contributed by atoms with Gasteiger partial charge in [-0.05, 0) is 43.2 Å². The normalized spacial score (nSPS) is 16.1. The Hall–Kier alpha value is -0.786. The van der Waals surface area contributed by atoms with Crippen LogP contribution >= 0.6 is 22.9 Å². The van der Waals surface area contributed by atoms with Gasteiger partial charge in [0.25, 0.3) is 5.91 Å². The molecule has 5 nitrogen and oxygen atoms in total. The maximum absolute atomic E-state index is 13.5. The van der Waals surface area contributed by atoms with E-state index in [1.54, 1.807) is 0 Å². The van der Waals surface area contributed by atoms with Crippen LogP contribution < -0.4 is 5.32 Å². The van der Waals surface area contributed by atoms with Crippen molar-refractivity contribution in [1.29, 1.82) is 0 Å². The fourth-order valence-electron chi connectivity index (χ4n) is 4.56. The maximum atomic E-state index is 13.5. The van der Waals surface area contributed by atoms with E-state index in [9.17, 15) is 9.59 Å². The Morgan fingerprint density at radius 3 is 2.52 bits per heavy atom. The number of ether oxygens (including phenoxy) is 1. The van der Waals surface area contributed by atoms with Crippen LogP contribution in [-0.2, 0) is 48.8 Å². The first-order chi connectivity index (χ1) is 14.4. The molecule has 1 atom stereocenters. The predicted molar refractivity (Wildman–Crippen MR) is 122 cm³/mol. The number of benzene rings is 1. The first-order valence-corrected chi connectivity index (χ1v) is 11.7. The number of likely N-dealkylation sites (tertiary alicyclic amines) is 1. The van der Waals surface area contributed by atoms with E-state index in [2.05, 4.69) is 18.3 Å². The topological polar surface area (TPSA) is 55.4 Å². The van der Waals surface area contributed by atoms with Gasteiger partial charge < -0.3 is 14.5 Å². The average molecular weight is 539 g/mol. The molecule has 1 aromatic carbocycles. The van der Waals surface area contributed by atoms with Crippen LogP contribution in [-0.4, -0.2) is 42.6 Å². The summed E-state index contributed by atoms with van der Waals surface area (Å²) in [5.41, 5.74) is 2.53. The molecule has 1 amide bonds. The molecular weight excluding hydrogens is 509 g/mol. The number of hydrogen-bond donors (Lipinski definition) is 1. The molecule has 0 aliphatic carbocycles. The Morgan fingerprint density at radius 1 is 1.23 bits per heavy atom. The van der Waals surface area contributed by atoms with Gasteiger partial charge in [-0.15, -0.1) is 11.3 Å². The number of carbonyl (C=O) groups excluding carboxylic acids is 2. The Labute approximate surface area is 219 Å². The van der Waals surface area contributed by atoms with Gasteiger partial charge >= 0.3 is 5.97 Å². The minimum Gasteiger partial charge on any atom is -0.465 e. The van der Waals surface area contributed by atoms with Gasteiger partial charge in [0.2, 0.25) is 0 Å². The zero-order valence-corrected chi connectivity index (χ0v) is 22.9. The van der Waals surface area contributed by atoms with E-state index in [0.29, 0.717) is 21.5 Å². The number of esters is 1. The number of methoxy groups -OCH3 is 1. The van der Waals surface area contributed by atoms with Gasteiger partial charge in [-0.25, -0.2) is 4.79 Å². The summed E-state index contributed by atoms with van der Waals surface area (Å²) in [7, 11) is 1.36.